The summed E-state index contributed by atoms with van der Waals surface area (Å²) in [5, 5.41) is 107. The fraction of sp³-hybridized carbons (Fsp3) is 0.471. The Morgan fingerprint density at radius 3 is 1.02 bits per heavy atom. The lowest BCUT2D eigenvalue weighted by Gasteiger charge is -2.27. The first kappa shape index (κ1) is 57.4. The molecule has 0 aliphatic heterocycles. The summed E-state index contributed by atoms with van der Waals surface area (Å²) in [7, 11) is 0. The van der Waals surface area contributed by atoms with Crippen molar-refractivity contribution in [2.75, 3.05) is 89.5 Å². The maximum Gasteiger partial charge on any atom is 0.314 e. The number of amides is 6. The Morgan fingerprint density at radius 1 is 0.452 bits per heavy atom. The highest BCUT2D eigenvalue weighted by atomic mass is 127. The van der Waals surface area contributed by atoms with E-state index >= 15 is 0 Å². The Morgan fingerprint density at radius 2 is 0.742 bits per heavy atom. The van der Waals surface area contributed by atoms with Crippen molar-refractivity contribution in [3.05, 3.63) is 43.7 Å². The van der Waals surface area contributed by atoms with Crippen molar-refractivity contribution in [1.82, 2.24) is 20.4 Å². The molecule has 6 amide bonds. The third-order valence-electron chi connectivity index (χ3n) is 8.22. The summed E-state index contributed by atoms with van der Waals surface area (Å²) in [6, 6.07) is 0. The van der Waals surface area contributed by atoms with Crippen LogP contribution in [0.5, 0.6) is 0 Å². The Balaban J connectivity index is 2.84. The van der Waals surface area contributed by atoms with Crippen LogP contribution in [0.4, 0.5) is 11.4 Å². The Hall–Kier alpha value is -0.760. The summed E-state index contributed by atoms with van der Waals surface area (Å²) in [6.45, 7) is -6.47. The number of nitrogens with one attached hydrogen (secondary N) is 4. The van der Waals surface area contributed by atoms with Crippen molar-refractivity contribution in [3.63, 3.8) is 0 Å². The number of halogens is 6. The highest BCUT2D eigenvalue weighted by Gasteiger charge is 2.35. The second-order valence-corrected chi connectivity index (χ2v) is 19.2. The molecule has 0 saturated carbocycles. The SMILES string of the molecule is O=C(Nc1c(I)c(C(=O)NCC(O)CO)c(I)c(C(=O)N(CCO)CC(O)CO)c1I)C(=O)Nc1c(I)c(C(=O)NCC(O)CO)c(I)c(C(=O)N(CCO)CC(O)CO)c1I. The molecular formula is C34H42I6N6O16. The highest BCUT2D eigenvalue weighted by Crippen LogP contribution is 2.38. The van der Waals surface area contributed by atoms with E-state index < -0.39 is 126 Å². The third kappa shape index (κ3) is 15.1. The number of carbonyl (C=O) groups is 6. The van der Waals surface area contributed by atoms with Gasteiger partial charge in [-0.25, -0.2) is 0 Å². The number of hydrogen-bond acceptors (Lipinski definition) is 16. The second-order valence-electron chi connectivity index (χ2n) is 12.8. The normalized spacial score (nSPS) is 13.1. The van der Waals surface area contributed by atoms with Gasteiger partial charge in [0.05, 0.1) is 112 Å². The van der Waals surface area contributed by atoms with Crippen LogP contribution in [0.1, 0.15) is 41.4 Å². The first-order chi connectivity index (χ1) is 29.2. The summed E-state index contributed by atoms with van der Waals surface area (Å²) < 4.78 is -0.00115. The monoisotopic (exact) mass is 1550 g/mol. The average Bonchev–Trinajstić information content (AvgIpc) is 3.23. The zero-order chi connectivity index (χ0) is 47.2. The molecule has 2 aromatic carbocycles. The molecule has 346 valence electrons. The second kappa shape index (κ2) is 27.8. The quantitative estimate of drug-likeness (QED) is 0.0433. The van der Waals surface area contributed by atoms with Gasteiger partial charge in [-0.05, 0) is 136 Å². The van der Waals surface area contributed by atoms with Crippen LogP contribution >= 0.6 is 136 Å². The zero-order valence-electron chi connectivity index (χ0n) is 31.9. The number of anilines is 2. The molecule has 0 saturated heterocycles. The van der Waals surface area contributed by atoms with Crippen LogP contribution < -0.4 is 21.3 Å². The molecule has 0 radical (unpaired) electrons. The van der Waals surface area contributed by atoms with Crippen LogP contribution in [0.15, 0.2) is 0 Å². The Kier molecular flexibility index (Phi) is 25.7. The standard InChI is InChI=1S/C34H42I6N6O16/c35-21-17(29(57)41-5-13(53)9-49)23(37)27(25(39)19(21)33(61)45(1-3-47)7-15(55)11-51)43-31(59)32(60)44-28-24(38)18(30(58)42-6-14(54)10-50)22(36)20(26(28)40)34(62)46(2-4-48)8-16(56)12-52/h13-16,47-56H,1-12H2,(H,41,57)(H,42,58)(H,43,59)(H,44,60). The molecule has 4 atom stereocenters. The fourth-order valence-corrected chi connectivity index (χ4v) is 13.9. The molecular weight excluding hydrogens is 1510 g/mol. The van der Waals surface area contributed by atoms with Crippen molar-refractivity contribution >= 4 is 182 Å². The molecule has 0 aliphatic carbocycles. The number of hydrogen-bond donors (Lipinski definition) is 14. The summed E-state index contributed by atoms with van der Waals surface area (Å²) in [4.78, 5) is 85.0. The van der Waals surface area contributed by atoms with E-state index in [0.29, 0.717) is 0 Å². The highest BCUT2D eigenvalue weighted by molar-refractivity contribution is 14.1. The van der Waals surface area contributed by atoms with Crippen LogP contribution in [-0.4, -0.2) is 200 Å². The largest absolute Gasteiger partial charge is 0.395 e. The smallest absolute Gasteiger partial charge is 0.314 e. The average molecular weight is 1550 g/mol. The molecule has 14 N–H and O–H groups in total. The number of rotatable bonds is 22. The van der Waals surface area contributed by atoms with Gasteiger partial charge >= 0.3 is 11.8 Å². The Bertz CT molecular complexity index is 1850. The molecule has 0 spiro atoms. The van der Waals surface area contributed by atoms with Crippen molar-refractivity contribution in [1.29, 1.82) is 0 Å². The van der Waals surface area contributed by atoms with Crippen LogP contribution in [-0.2, 0) is 9.59 Å². The summed E-state index contributed by atoms with van der Waals surface area (Å²) in [5.41, 5.74) is -1.34. The molecule has 28 heteroatoms. The van der Waals surface area contributed by atoms with E-state index in [2.05, 4.69) is 21.3 Å². The molecule has 0 aromatic heterocycles. The van der Waals surface area contributed by atoms with E-state index in [1.54, 1.807) is 136 Å². The van der Waals surface area contributed by atoms with E-state index in [1.165, 1.54) is 0 Å². The van der Waals surface area contributed by atoms with Gasteiger partial charge in [-0.1, -0.05) is 0 Å². The molecule has 2 rings (SSSR count). The molecule has 62 heavy (non-hydrogen) atoms. The van der Waals surface area contributed by atoms with Crippen molar-refractivity contribution in [2.24, 2.45) is 0 Å². The molecule has 4 unspecified atom stereocenters. The van der Waals surface area contributed by atoms with Gasteiger partial charge in [0.1, 0.15) is 0 Å². The lowest BCUT2D eigenvalue weighted by Crippen LogP contribution is -2.42. The van der Waals surface area contributed by atoms with E-state index in [0.717, 1.165) is 9.80 Å². The van der Waals surface area contributed by atoms with Gasteiger partial charge < -0.3 is 82.1 Å². The molecule has 2 aromatic rings. The van der Waals surface area contributed by atoms with Crippen LogP contribution in [0.2, 0.25) is 0 Å². The van der Waals surface area contributed by atoms with E-state index in [9.17, 15) is 79.8 Å². The minimum atomic E-state index is -1.43. The minimum Gasteiger partial charge on any atom is -0.395 e. The summed E-state index contributed by atoms with van der Waals surface area (Å²) in [5.74, 6) is -6.26. The zero-order valence-corrected chi connectivity index (χ0v) is 44.8. The lowest BCUT2D eigenvalue weighted by molar-refractivity contribution is -0.133. The number of carbonyl (C=O) groups excluding carboxylic acids is 6. The summed E-state index contributed by atoms with van der Waals surface area (Å²) in [6.07, 6.45) is -5.59. The van der Waals surface area contributed by atoms with Gasteiger partial charge in [-0.2, -0.15) is 0 Å². The fourth-order valence-electron chi connectivity index (χ4n) is 5.12. The predicted molar refractivity (Wildman–Crippen MR) is 269 cm³/mol. The molecule has 0 aliphatic rings. The van der Waals surface area contributed by atoms with Gasteiger partial charge in [0.25, 0.3) is 23.6 Å². The first-order valence-corrected chi connectivity index (χ1v) is 24.2. The number of benzene rings is 2. The van der Waals surface area contributed by atoms with Gasteiger partial charge in [0.15, 0.2) is 0 Å². The van der Waals surface area contributed by atoms with E-state index in [4.69, 9.17) is 0 Å². The topological polar surface area (TPSA) is 359 Å². The van der Waals surface area contributed by atoms with Gasteiger partial charge in [0, 0.05) is 46.4 Å². The number of aliphatic hydroxyl groups is 10. The van der Waals surface area contributed by atoms with Crippen molar-refractivity contribution in [3.8, 4) is 0 Å². The van der Waals surface area contributed by atoms with Crippen LogP contribution in [0, 0.1) is 21.4 Å². The minimum absolute atomic E-state index is 0.00133. The summed E-state index contributed by atoms with van der Waals surface area (Å²) >= 11 is 10.2. The molecule has 0 heterocycles. The number of aliphatic hydroxyl groups excluding tert-OH is 10. The number of nitrogens with zero attached hydrogens (tertiary/aromatic N) is 2. The van der Waals surface area contributed by atoms with Crippen LogP contribution in [0.3, 0.4) is 0 Å². The maximum atomic E-state index is 14.1. The van der Waals surface area contributed by atoms with Gasteiger partial charge in [-0.3, -0.25) is 28.8 Å². The first-order valence-electron chi connectivity index (χ1n) is 17.7. The van der Waals surface area contributed by atoms with Crippen molar-refractivity contribution < 1.29 is 79.8 Å². The van der Waals surface area contributed by atoms with Crippen LogP contribution in [0.25, 0.3) is 0 Å². The predicted octanol–water partition coefficient (Wildman–Crippen LogP) is -2.37. The Labute approximate surface area is 435 Å². The van der Waals surface area contributed by atoms with Gasteiger partial charge in [-0.15, -0.1) is 0 Å². The maximum absolute atomic E-state index is 14.1. The molecule has 0 fully saturated rings. The van der Waals surface area contributed by atoms with Gasteiger partial charge in [0.2, 0.25) is 0 Å². The third-order valence-corrected chi connectivity index (χ3v) is 14.7. The van der Waals surface area contributed by atoms with E-state index in [1.807, 2.05) is 0 Å². The molecule has 0 bridgehead atoms. The van der Waals surface area contributed by atoms with E-state index in [-0.39, 0.29) is 68.1 Å². The molecule has 22 nitrogen and oxygen atoms in total. The van der Waals surface area contributed by atoms with Crippen molar-refractivity contribution in [2.45, 2.75) is 24.4 Å². The lowest BCUT2D eigenvalue weighted by atomic mass is 10.1.